The SMILES string of the molecule is CCCc1ccc(-c2cc(F)c(C(F)(F)Oc3cc(F)c4c(c3)OC(F)(F)O4)c(F)c2)cc1. The van der Waals surface area contributed by atoms with E-state index < -0.39 is 52.7 Å². The highest BCUT2D eigenvalue weighted by atomic mass is 19.3. The maximum absolute atomic E-state index is 14.6. The van der Waals surface area contributed by atoms with Crippen LogP contribution in [0.5, 0.6) is 17.2 Å². The van der Waals surface area contributed by atoms with Crippen LogP contribution in [-0.2, 0) is 12.5 Å². The molecule has 1 aliphatic heterocycles. The Morgan fingerprint density at radius 2 is 1.48 bits per heavy atom. The van der Waals surface area contributed by atoms with E-state index >= 15 is 0 Å². The second kappa shape index (κ2) is 8.17. The maximum Gasteiger partial charge on any atom is 0.586 e. The second-order valence-electron chi connectivity index (χ2n) is 7.28. The molecule has 0 unspecified atom stereocenters. The fourth-order valence-electron chi connectivity index (χ4n) is 3.42. The van der Waals surface area contributed by atoms with Gasteiger partial charge < -0.3 is 14.2 Å². The monoisotopic (exact) mass is 472 g/mol. The molecule has 0 saturated heterocycles. The van der Waals surface area contributed by atoms with Gasteiger partial charge in [-0.2, -0.15) is 8.78 Å². The summed E-state index contributed by atoms with van der Waals surface area (Å²) in [5, 5.41) is 0. The molecule has 4 rings (SSSR count). The highest BCUT2D eigenvalue weighted by Crippen LogP contribution is 2.46. The molecule has 0 atom stereocenters. The molecule has 0 amide bonds. The van der Waals surface area contributed by atoms with Gasteiger partial charge in [0.25, 0.3) is 0 Å². The van der Waals surface area contributed by atoms with Crippen molar-refractivity contribution in [2.45, 2.75) is 32.2 Å². The van der Waals surface area contributed by atoms with Crippen molar-refractivity contribution in [1.82, 2.24) is 0 Å². The van der Waals surface area contributed by atoms with Crippen LogP contribution in [0.1, 0.15) is 24.5 Å². The first-order valence-electron chi connectivity index (χ1n) is 9.74. The topological polar surface area (TPSA) is 27.7 Å². The van der Waals surface area contributed by atoms with Crippen molar-refractivity contribution >= 4 is 0 Å². The molecule has 174 valence electrons. The number of benzene rings is 3. The summed E-state index contributed by atoms with van der Waals surface area (Å²) < 4.78 is 111. The molecule has 3 aromatic carbocycles. The largest absolute Gasteiger partial charge is 0.586 e. The number of halogens is 7. The fraction of sp³-hybridized carbons (Fsp3) is 0.217. The van der Waals surface area contributed by atoms with E-state index in [2.05, 4.69) is 14.2 Å². The van der Waals surface area contributed by atoms with Gasteiger partial charge in [0, 0.05) is 12.1 Å². The highest BCUT2D eigenvalue weighted by molar-refractivity contribution is 5.64. The Labute approximate surface area is 183 Å². The third-order valence-electron chi connectivity index (χ3n) is 4.84. The summed E-state index contributed by atoms with van der Waals surface area (Å²) in [6, 6.07) is 8.97. The lowest BCUT2D eigenvalue weighted by molar-refractivity contribution is -0.287. The third-order valence-corrected chi connectivity index (χ3v) is 4.84. The summed E-state index contributed by atoms with van der Waals surface area (Å²) in [5.41, 5.74) is -0.295. The molecule has 1 heterocycles. The van der Waals surface area contributed by atoms with Crippen LogP contribution in [0.15, 0.2) is 48.5 Å². The van der Waals surface area contributed by atoms with E-state index in [-0.39, 0.29) is 5.56 Å². The van der Waals surface area contributed by atoms with Crippen molar-refractivity contribution in [2.75, 3.05) is 0 Å². The zero-order valence-corrected chi connectivity index (χ0v) is 16.9. The molecule has 0 bridgehead atoms. The summed E-state index contributed by atoms with van der Waals surface area (Å²) in [7, 11) is 0. The molecule has 3 nitrogen and oxygen atoms in total. The van der Waals surface area contributed by atoms with E-state index in [1.165, 1.54) is 0 Å². The van der Waals surface area contributed by atoms with Crippen LogP contribution >= 0.6 is 0 Å². The summed E-state index contributed by atoms with van der Waals surface area (Å²) in [4.78, 5) is 0. The smallest absolute Gasteiger partial charge is 0.428 e. The van der Waals surface area contributed by atoms with Crippen molar-refractivity contribution in [1.29, 1.82) is 0 Å². The molecule has 0 spiro atoms. The van der Waals surface area contributed by atoms with Gasteiger partial charge in [0.1, 0.15) is 22.9 Å². The van der Waals surface area contributed by atoms with Crippen LogP contribution in [0.2, 0.25) is 0 Å². The number of hydrogen-bond acceptors (Lipinski definition) is 3. The van der Waals surface area contributed by atoms with Gasteiger partial charge in [0.2, 0.25) is 5.75 Å². The molecule has 0 aromatic heterocycles. The average Bonchev–Trinajstić information content (AvgIpc) is 3.02. The first-order chi connectivity index (χ1) is 15.5. The molecular weight excluding hydrogens is 457 g/mol. The van der Waals surface area contributed by atoms with Crippen LogP contribution in [-0.4, -0.2) is 6.29 Å². The predicted molar refractivity (Wildman–Crippen MR) is 103 cm³/mol. The Morgan fingerprint density at radius 1 is 0.848 bits per heavy atom. The lowest BCUT2D eigenvalue weighted by Gasteiger charge is -2.20. The quantitative estimate of drug-likeness (QED) is 0.356. The summed E-state index contributed by atoms with van der Waals surface area (Å²) in [6.07, 6.45) is -7.10. The first-order valence-corrected chi connectivity index (χ1v) is 9.74. The Bertz CT molecular complexity index is 1170. The van der Waals surface area contributed by atoms with Crippen molar-refractivity contribution < 1.29 is 44.9 Å². The number of ether oxygens (including phenoxy) is 3. The molecule has 0 fully saturated rings. The minimum absolute atomic E-state index is 0.0175. The van der Waals surface area contributed by atoms with Gasteiger partial charge in [-0.1, -0.05) is 37.6 Å². The number of hydrogen-bond donors (Lipinski definition) is 0. The van der Waals surface area contributed by atoms with E-state index in [4.69, 9.17) is 0 Å². The standard InChI is InChI=1S/C23H15F7O3/c1-2-3-12-4-6-13(7-5-12)14-8-16(24)20(17(25)9-14)22(27,28)31-15-10-18(26)21-19(11-15)32-23(29,30)33-21/h4-11H,2-3H2,1H3. The first kappa shape index (κ1) is 22.8. The van der Waals surface area contributed by atoms with E-state index in [9.17, 15) is 30.7 Å². The van der Waals surface area contributed by atoms with Gasteiger partial charge in [-0.15, -0.1) is 8.78 Å². The Kier molecular flexibility index (Phi) is 5.63. The maximum atomic E-state index is 14.6. The Hall–Kier alpha value is -3.43. The number of aryl methyl sites for hydroxylation is 1. The molecule has 0 saturated carbocycles. The van der Waals surface area contributed by atoms with Crippen LogP contribution < -0.4 is 14.2 Å². The van der Waals surface area contributed by atoms with Gasteiger partial charge in [0.15, 0.2) is 11.6 Å². The molecule has 0 N–H and O–H groups in total. The zero-order valence-electron chi connectivity index (χ0n) is 16.9. The highest BCUT2D eigenvalue weighted by Gasteiger charge is 2.46. The van der Waals surface area contributed by atoms with E-state index in [1.54, 1.807) is 24.3 Å². The minimum Gasteiger partial charge on any atom is -0.428 e. The predicted octanol–water partition coefficient (Wildman–Crippen LogP) is 7.17. The lowest BCUT2D eigenvalue weighted by atomic mass is 10.00. The van der Waals surface area contributed by atoms with Crippen LogP contribution in [0.4, 0.5) is 30.7 Å². The molecule has 0 aliphatic carbocycles. The van der Waals surface area contributed by atoms with E-state index in [0.717, 1.165) is 18.4 Å². The Balaban J connectivity index is 1.63. The van der Waals surface area contributed by atoms with Gasteiger partial charge in [-0.05, 0) is 35.2 Å². The molecule has 33 heavy (non-hydrogen) atoms. The van der Waals surface area contributed by atoms with Crippen LogP contribution in [0.25, 0.3) is 11.1 Å². The third kappa shape index (κ3) is 4.55. The van der Waals surface area contributed by atoms with Gasteiger partial charge >= 0.3 is 12.4 Å². The normalized spacial score (nSPS) is 14.4. The van der Waals surface area contributed by atoms with Crippen molar-refractivity contribution in [3.63, 3.8) is 0 Å². The lowest BCUT2D eigenvalue weighted by Crippen LogP contribution is -2.26. The fourth-order valence-corrected chi connectivity index (χ4v) is 3.42. The summed E-state index contributed by atoms with van der Waals surface area (Å²) in [5.74, 6) is -7.64. The van der Waals surface area contributed by atoms with E-state index in [1.807, 2.05) is 6.92 Å². The van der Waals surface area contributed by atoms with Gasteiger partial charge in [-0.25, -0.2) is 13.2 Å². The molecule has 0 radical (unpaired) electrons. The minimum atomic E-state index is -4.61. The van der Waals surface area contributed by atoms with Gasteiger partial charge in [-0.3, -0.25) is 0 Å². The van der Waals surface area contributed by atoms with Crippen molar-refractivity contribution in [3.05, 3.63) is 77.1 Å². The molecular formula is C23H15F7O3. The van der Waals surface area contributed by atoms with Crippen LogP contribution in [0.3, 0.4) is 0 Å². The second-order valence-corrected chi connectivity index (χ2v) is 7.28. The number of alkyl halides is 4. The number of rotatable bonds is 6. The van der Waals surface area contributed by atoms with Crippen molar-refractivity contribution in [2.24, 2.45) is 0 Å². The molecule has 1 aliphatic rings. The summed E-state index contributed by atoms with van der Waals surface area (Å²) >= 11 is 0. The zero-order chi connectivity index (χ0) is 24.0. The molecule has 3 aromatic rings. The number of fused-ring (bicyclic) bond motifs is 1. The average molecular weight is 472 g/mol. The van der Waals surface area contributed by atoms with Crippen molar-refractivity contribution in [3.8, 4) is 28.4 Å². The van der Waals surface area contributed by atoms with Gasteiger partial charge in [0.05, 0.1) is 0 Å². The van der Waals surface area contributed by atoms with Crippen LogP contribution in [0, 0.1) is 17.5 Å². The molecule has 10 heteroatoms. The Morgan fingerprint density at radius 3 is 2.09 bits per heavy atom. The summed E-state index contributed by atoms with van der Waals surface area (Å²) in [6.45, 7) is 1.99. The van der Waals surface area contributed by atoms with E-state index in [0.29, 0.717) is 29.8 Å².